The Kier molecular flexibility index (Phi) is 7.67. The van der Waals surface area contributed by atoms with Crippen LogP contribution in [0.25, 0.3) is 11.1 Å². The van der Waals surface area contributed by atoms with Gasteiger partial charge in [0.15, 0.2) is 0 Å². The number of hydrogen-bond donors (Lipinski definition) is 1. The van der Waals surface area contributed by atoms with E-state index in [-0.39, 0.29) is 24.9 Å². The third kappa shape index (κ3) is 6.14. The van der Waals surface area contributed by atoms with Crippen molar-refractivity contribution in [2.24, 2.45) is 0 Å². The number of hydrogen-bond acceptors (Lipinski definition) is 7. The molecular formula is C28H29FN6O4. The van der Waals surface area contributed by atoms with E-state index < -0.39 is 18.0 Å². The predicted molar refractivity (Wildman–Crippen MR) is 143 cm³/mol. The fraction of sp³-hybridized carbons (Fsp3) is 0.321. The van der Waals surface area contributed by atoms with E-state index in [4.69, 9.17) is 4.74 Å². The number of carbonyl (C=O) groups is 3. The lowest BCUT2D eigenvalue weighted by Gasteiger charge is -2.34. The SMILES string of the molecule is CC(=O)NC[C@H]1CN(c2ccc(-c3cnc(N4CCN(C(=O)Cc5ccccc5)CC4)nc3)c(F)c2)C(=O)O1. The number of anilines is 2. The molecule has 0 radical (unpaired) electrons. The first-order chi connectivity index (χ1) is 18.9. The van der Waals surface area contributed by atoms with Crippen LogP contribution in [0.4, 0.5) is 20.8 Å². The van der Waals surface area contributed by atoms with Crippen LogP contribution in [0.1, 0.15) is 12.5 Å². The van der Waals surface area contributed by atoms with Crippen LogP contribution in [0, 0.1) is 5.82 Å². The number of halogens is 1. The number of nitrogens with zero attached hydrogens (tertiary/aromatic N) is 5. The summed E-state index contributed by atoms with van der Waals surface area (Å²) in [6.07, 6.45) is 2.43. The minimum Gasteiger partial charge on any atom is -0.442 e. The fourth-order valence-electron chi connectivity index (χ4n) is 4.66. The van der Waals surface area contributed by atoms with E-state index in [0.717, 1.165) is 5.56 Å². The van der Waals surface area contributed by atoms with E-state index in [2.05, 4.69) is 15.3 Å². The first-order valence-electron chi connectivity index (χ1n) is 12.8. The predicted octanol–water partition coefficient (Wildman–Crippen LogP) is 2.64. The largest absolute Gasteiger partial charge is 0.442 e. The molecule has 3 amide bonds. The van der Waals surface area contributed by atoms with Gasteiger partial charge in [-0.2, -0.15) is 0 Å². The van der Waals surface area contributed by atoms with Crippen LogP contribution in [-0.2, 0) is 20.7 Å². The van der Waals surface area contributed by atoms with Gasteiger partial charge in [-0.15, -0.1) is 0 Å². The van der Waals surface area contributed by atoms with Crippen molar-refractivity contribution < 1.29 is 23.5 Å². The molecule has 2 saturated heterocycles. The zero-order valence-corrected chi connectivity index (χ0v) is 21.5. The van der Waals surface area contributed by atoms with Gasteiger partial charge in [0.05, 0.1) is 25.2 Å². The van der Waals surface area contributed by atoms with Gasteiger partial charge >= 0.3 is 6.09 Å². The number of rotatable bonds is 7. The Labute approximate surface area is 225 Å². The maximum Gasteiger partial charge on any atom is 0.414 e. The third-order valence-corrected chi connectivity index (χ3v) is 6.78. The molecule has 0 unspecified atom stereocenters. The fourth-order valence-corrected chi connectivity index (χ4v) is 4.66. The zero-order valence-electron chi connectivity index (χ0n) is 21.5. The van der Waals surface area contributed by atoms with Gasteiger partial charge in [-0.1, -0.05) is 30.3 Å². The van der Waals surface area contributed by atoms with Gasteiger partial charge in [-0.25, -0.2) is 19.2 Å². The molecule has 39 heavy (non-hydrogen) atoms. The van der Waals surface area contributed by atoms with E-state index in [1.807, 2.05) is 40.1 Å². The van der Waals surface area contributed by atoms with Crippen molar-refractivity contribution in [2.45, 2.75) is 19.4 Å². The Morgan fingerprint density at radius 2 is 1.77 bits per heavy atom. The first-order valence-corrected chi connectivity index (χ1v) is 12.8. The van der Waals surface area contributed by atoms with Crippen molar-refractivity contribution in [3.63, 3.8) is 0 Å². The minimum atomic E-state index is -0.591. The summed E-state index contributed by atoms with van der Waals surface area (Å²) >= 11 is 0. The normalized spacial score (nSPS) is 17.2. The molecule has 11 heteroatoms. The van der Waals surface area contributed by atoms with Crippen LogP contribution in [-0.4, -0.2) is 78.1 Å². The highest BCUT2D eigenvalue weighted by molar-refractivity contribution is 5.90. The highest BCUT2D eigenvalue weighted by Gasteiger charge is 2.33. The van der Waals surface area contributed by atoms with Crippen molar-refractivity contribution >= 4 is 29.5 Å². The van der Waals surface area contributed by atoms with Gasteiger partial charge in [0, 0.05) is 56.6 Å². The van der Waals surface area contributed by atoms with E-state index in [1.54, 1.807) is 24.5 Å². The number of benzene rings is 2. The molecule has 3 heterocycles. The Hall–Kier alpha value is -4.54. The second-order valence-electron chi connectivity index (χ2n) is 9.52. The first kappa shape index (κ1) is 26.1. The molecule has 1 aromatic heterocycles. The van der Waals surface area contributed by atoms with Crippen molar-refractivity contribution in [3.8, 4) is 11.1 Å². The van der Waals surface area contributed by atoms with Gasteiger partial charge in [-0.05, 0) is 23.8 Å². The van der Waals surface area contributed by atoms with E-state index >= 15 is 4.39 Å². The summed E-state index contributed by atoms with van der Waals surface area (Å²) in [6, 6.07) is 14.2. The maximum atomic E-state index is 15.1. The average Bonchev–Trinajstić information content (AvgIpc) is 3.33. The number of nitrogens with one attached hydrogen (secondary N) is 1. The minimum absolute atomic E-state index is 0.0986. The monoisotopic (exact) mass is 532 g/mol. The summed E-state index contributed by atoms with van der Waals surface area (Å²) in [7, 11) is 0. The van der Waals surface area contributed by atoms with Crippen LogP contribution in [0.3, 0.4) is 0 Å². The van der Waals surface area contributed by atoms with E-state index in [1.165, 1.54) is 17.9 Å². The van der Waals surface area contributed by atoms with Crippen molar-refractivity contribution in [1.82, 2.24) is 20.2 Å². The van der Waals surface area contributed by atoms with Crippen LogP contribution in [0.2, 0.25) is 0 Å². The molecular weight excluding hydrogens is 503 g/mol. The highest BCUT2D eigenvalue weighted by Crippen LogP contribution is 2.29. The van der Waals surface area contributed by atoms with E-state index in [9.17, 15) is 14.4 Å². The zero-order chi connectivity index (χ0) is 27.4. The van der Waals surface area contributed by atoms with Gasteiger partial charge in [-0.3, -0.25) is 14.5 Å². The topological polar surface area (TPSA) is 108 Å². The summed E-state index contributed by atoms with van der Waals surface area (Å²) in [5.41, 5.74) is 2.18. The standard InChI is InChI=1S/C28H29FN6O4/c1-19(36)30-17-23-18-35(28(38)39-23)22-7-8-24(25(29)14-22)21-15-31-27(32-16-21)34-11-9-33(10-12-34)26(37)13-20-5-3-2-4-6-20/h2-8,14-16,23H,9-13,17-18H2,1H3,(H,30,36)/t23-/m0/s1. The smallest absolute Gasteiger partial charge is 0.414 e. The number of aromatic nitrogens is 2. The lowest BCUT2D eigenvalue weighted by molar-refractivity contribution is -0.130. The quantitative estimate of drug-likeness (QED) is 0.499. The molecule has 2 aliphatic heterocycles. The number of cyclic esters (lactones) is 1. The highest BCUT2D eigenvalue weighted by atomic mass is 19.1. The van der Waals surface area contributed by atoms with Crippen LogP contribution >= 0.6 is 0 Å². The molecule has 3 aromatic rings. The summed E-state index contributed by atoms with van der Waals surface area (Å²) in [6.45, 7) is 4.17. The Morgan fingerprint density at radius 1 is 1.05 bits per heavy atom. The van der Waals surface area contributed by atoms with Gasteiger partial charge in [0.25, 0.3) is 0 Å². The second-order valence-corrected chi connectivity index (χ2v) is 9.52. The molecule has 2 aromatic carbocycles. The Bertz CT molecular complexity index is 1350. The molecule has 0 spiro atoms. The Balaban J connectivity index is 1.18. The summed E-state index contributed by atoms with van der Waals surface area (Å²) in [5.74, 6) is -0.116. The molecule has 0 bridgehead atoms. The molecule has 1 N–H and O–H groups in total. The van der Waals surface area contributed by atoms with Gasteiger partial charge in [0.1, 0.15) is 11.9 Å². The van der Waals surface area contributed by atoms with Gasteiger partial charge < -0.3 is 19.9 Å². The second kappa shape index (κ2) is 11.5. The number of amides is 3. The number of piperazine rings is 1. The van der Waals surface area contributed by atoms with Crippen molar-refractivity contribution in [2.75, 3.05) is 49.1 Å². The molecule has 5 rings (SSSR count). The molecule has 2 fully saturated rings. The average molecular weight is 533 g/mol. The maximum absolute atomic E-state index is 15.1. The number of ether oxygens (including phenoxy) is 1. The lowest BCUT2D eigenvalue weighted by Crippen LogP contribution is -2.49. The van der Waals surface area contributed by atoms with Gasteiger partial charge in [0.2, 0.25) is 17.8 Å². The summed E-state index contributed by atoms with van der Waals surface area (Å²) in [4.78, 5) is 50.1. The molecule has 0 aliphatic carbocycles. The number of carbonyl (C=O) groups excluding carboxylic acids is 3. The van der Waals surface area contributed by atoms with Crippen LogP contribution in [0.5, 0.6) is 0 Å². The molecule has 10 nitrogen and oxygen atoms in total. The Morgan fingerprint density at radius 3 is 2.44 bits per heavy atom. The molecule has 1 atom stereocenters. The van der Waals surface area contributed by atoms with Crippen LogP contribution < -0.4 is 15.1 Å². The van der Waals surface area contributed by atoms with Crippen molar-refractivity contribution in [1.29, 1.82) is 0 Å². The van der Waals surface area contributed by atoms with Crippen LogP contribution in [0.15, 0.2) is 60.9 Å². The summed E-state index contributed by atoms with van der Waals surface area (Å²) in [5, 5.41) is 2.61. The summed E-state index contributed by atoms with van der Waals surface area (Å²) < 4.78 is 20.3. The lowest BCUT2D eigenvalue weighted by atomic mass is 10.1. The van der Waals surface area contributed by atoms with Crippen molar-refractivity contribution in [3.05, 3.63) is 72.3 Å². The third-order valence-electron chi connectivity index (χ3n) is 6.78. The van der Waals surface area contributed by atoms with E-state index in [0.29, 0.717) is 55.4 Å². The molecule has 0 saturated carbocycles. The molecule has 202 valence electrons. The molecule has 2 aliphatic rings.